The van der Waals surface area contributed by atoms with Crippen LogP contribution in [0.1, 0.15) is 46.6 Å². The van der Waals surface area contributed by atoms with Gasteiger partial charge in [-0.05, 0) is 44.6 Å². The van der Waals surface area contributed by atoms with Gasteiger partial charge in [0, 0.05) is 12.1 Å². The Bertz CT molecular complexity index is 789. The molecule has 0 heterocycles. The van der Waals surface area contributed by atoms with E-state index in [4.69, 9.17) is 10.5 Å². The minimum absolute atomic E-state index is 0.0288. The summed E-state index contributed by atoms with van der Waals surface area (Å²) in [6.07, 6.45) is -0.476. The zero-order valence-electron chi connectivity index (χ0n) is 19.6. The second-order valence-electron chi connectivity index (χ2n) is 9.07. The first-order chi connectivity index (χ1) is 14.8. The lowest BCUT2D eigenvalue weighted by Gasteiger charge is -2.36. The van der Waals surface area contributed by atoms with Crippen LogP contribution in [0, 0.1) is 11.8 Å². The summed E-state index contributed by atoms with van der Waals surface area (Å²) in [5.74, 6) is -1.65. The summed E-state index contributed by atoms with van der Waals surface area (Å²) >= 11 is 0. The van der Waals surface area contributed by atoms with Crippen molar-refractivity contribution in [2.45, 2.75) is 59.1 Å². The van der Waals surface area contributed by atoms with Gasteiger partial charge in [-0.15, -0.1) is 0 Å². The van der Waals surface area contributed by atoms with Crippen LogP contribution in [0.4, 0.5) is 4.79 Å². The van der Waals surface area contributed by atoms with E-state index in [0.29, 0.717) is 11.5 Å². The van der Waals surface area contributed by atoms with Crippen molar-refractivity contribution in [1.29, 1.82) is 0 Å². The quantitative estimate of drug-likeness (QED) is 0.233. The van der Waals surface area contributed by atoms with Gasteiger partial charge in [-0.3, -0.25) is 20.2 Å². The highest BCUT2D eigenvalue weighted by atomic mass is 16.6. The molecule has 3 amide bonds. The Morgan fingerprint density at radius 1 is 1.19 bits per heavy atom. The third-order valence-corrected chi connectivity index (χ3v) is 4.78. The number of rotatable bonds is 11. The van der Waals surface area contributed by atoms with Crippen molar-refractivity contribution in [3.8, 4) is 0 Å². The number of nitrogens with one attached hydrogen (secondary N) is 2. The number of benzene rings is 1. The molecule has 0 aromatic heterocycles. The van der Waals surface area contributed by atoms with Crippen molar-refractivity contribution >= 4 is 17.9 Å². The van der Waals surface area contributed by atoms with E-state index in [2.05, 4.69) is 17.4 Å². The standard InChI is InChI=1S/C23H36N4O5/c1-15(2)18(13-17-10-8-7-9-11-17)19(14-25-26-22(30)32-23(4,5)6)27(31)21(29)16(3)12-20(24)28/h7-11,15,18-19,25,31H,3,12-14H2,1-2,4-6H3,(H2,24,28)(H,26,30)/t18-,19+/m0/s1. The SMILES string of the molecule is C=C(CC(N)=O)C(=O)N(O)[C@H](CNNC(=O)OC(C)(C)C)[C@@H](Cc1ccccc1)C(C)C. The van der Waals surface area contributed by atoms with Crippen LogP contribution in [0.3, 0.4) is 0 Å². The lowest BCUT2D eigenvalue weighted by Crippen LogP contribution is -2.54. The van der Waals surface area contributed by atoms with Crippen molar-refractivity contribution in [1.82, 2.24) is 15.9 Å². The van der Waals surface area contributed by atoms with Crippen molar-refractivity contribution in [2.75, 3.05) is 6.54 Å². The molecule has 0 saturated carbocycles. The normalized spacial score (nSPS) is 13.2. The van der Waals surface area contributed by atoms with E-state index < -0.39 is 29.6 Å². The summed E-state index contributed by atoms with van der Waals surface area (Å²) in [5.41, 5.74) is 10.6. The van der Waals surface area contributed by atoms with Crippen LogP contribution in [0.5, 0.6) is 0 Å². The predicted molar refractivity (Wildman–Crippen MR) is 121 cm³/mol. The molecule has 9 nitrogen and oxygen atoms in total. The fraction of sp³-hybridized carbons (Fsp3) is 0.522. The first-order valence-electron chi connectivity index (χ1n) is 10.6. The molecule has 1 aromatic carbocycles. The van der Waals surface area contributed by atoms with Crippen molar-refractivity contribution in [3.63, 3.8) is 0 Å². The Kier molecular flexibility index (Phi) is 10.3. The van der Waals surface area contributed by atoms with Gasteiger partial charge in [0.05, 0.1) is 12.5 Å². The third kappa shape index (κ3) is 9.49. The van der Waals surface area contributed by atoms with Crippen molar-refractivity contribution in [2.24, 2.45) is 17.6 Å². The Balaban J connectivity index is 3.05. The van der Waals surface area contributed by atoms with E-state index in [1.807, 2.05) is 44.2 Å². The molecule has 0 spiro atoms. The van der Waals surface area contributed by atoms with E-state index in [1.54, 1.807) is 20.8 Å². The number of nitrogens with zero attached hydrogens (tertiary/aromatic N) is 1. The summed E-state index contributed by atoms with van der Waals surface area (Å²) in [6.45, 7) is 12.8. The van der Waals surface area contributed by atoms with E-state index >= 15 is 0 Å². The van der Waals surface area contributed by atoms with Crippen LogP contribution in [0.2, 0.25) is 0 Å². The maximum absolute atomic E-state index is 12.7. The van der Waals surface area contributed by atoms with Gasteiger partial charge in [0.15, 0.2) is 0 Å². The van der Waals surface area contributed by atoms with E-state index in [0.717, 1.165) is 5.56 Å². The van der Waals surface area contributed by atoms with Gasteiger partial charge >= 0.3 is 6.09 Å². The van der Waals surface area contributed by atoms with Gasteiger partial charge in [-0.25, -0.2) is 15.3 Å². The summed E-state index contributed by atoms with van der Waals surface area (Å²) in [7, 11) is 0. The minimum Gasteiger partial charge on any atom is -0.443 e. The van der Waals surface area contributed by atoms with E-state index in [-0.39, 0.29) is 30.4 Å². The maximum atomic E-state index is 12.7. The molecule has 0 aliphatic carbocycles. The molecule has 0 aliphatic rings. The monoisotopic (exact) mass is 448 g/mol. The highest BCUT2D eigenvalue weighted by Gasteiger charge is 2.33. The molecule has 1 aromatic rings. The number of hydroxylamine groups is 2. The lowest BCUT2D eigenvalue weighted by atomic mass is 9.82. The zero-order valence-corrected chi connectivity index (χ0v) is 19.6. The molecule has 0 saturated heterocycles. The van der Waals surface area contributed by atoms with Crippen molar-refractivity contribution < 1.29 is 24.3 Å². The Morgan fingerprint density at radius 3 is 2.28 bits per heavy atom. The number of amides is 3. The largest absolute Gasteiger partial charge is 0.443 e. The third-order valence-electron chi connectivity index (χ3n) is 4.78. The predicted octanol–water partition coefficient (Wildman–Crippen LogP) is 2.55. The van der Waals surface area contributed by atoms with Crippen LogP contribution in [-0.2, 0) is 20.7 Å². The van der Waals surface area contributed by atoms with Gasteiger partial charge in [-0.1, -0.05) is 50.8 Å². The number of carbonyl (C=O) groups is 3. The van der Waals surface area contributed by atoms with Gasteiger partial charge in [-0.2, -0.15) is 0 Å². The highest BCUT2D eigenvalue weighted by molar-refractivity contribution is 5.97. The summed E-state index contributed by atoms with van der Waals surface area (Å²) in [5, 5.41) is 11.4. The average molecular weight is 449 g/mol. The topological polar surface area (TPSA) is 134 Å². The second kappa shape index (κ2) is 12.2. The molecule has 178 valence electrons. The Morgan fingerprint density at radius 2 is 1.78 bits per heavy atom. The van der Waals surface area contributed by atoms with Crippen LogP contribution in [0.15, 0.2) is 42.5 Å². The van der Waals surface area contributed by atoms with Crippen LogP contribution >= 0.6 is 0 Å². The number of hydrazine groups is 1. The van der Waals surface area contributed by atoms with Crippen LogP contribution in [0.25, 0.3) is 0 Å². The van der Waals surface area contributed by atoms with Crippen molar-refractivity contribution in [3.05, 3.63) is 48.0 Å². The second-order valence-corrected chi connectivity index (χ2v) is 9.07. The number of hydrogen-bond donors (Lipinski definition) is 4. The fourth-order valence-electron chi connectivity index (χ4n) is 3.25. The first-order valence-corrected chi connectivity index (χ1v) is 10.6. The van der Waals surface area contributed by atoms with E-state index in [9.17, 15) is 19.6 Å². The maximum Gasteiger partial charge on any atom is 0.422 e. The van der Waals surface area contributed by atoms with Gasteiger partial charge < -0.3 is 10.5 Å². The molecular weight excluding hydrogens is 412 g/mol. The average Bonchev–Trinajstić information content (AvgIpc) is 2.67. The molecule has 0 bridgehead atoms. The van der Waals surface area contributed by atoms with Gasteiger partial charge in [0.2, 0.25) is 5.91 Å². The molecule has 9 heteroatoms. The summed E-state index contributed by atoms with van der Waals surface area (Å²) < 4.78 is 5.19. The molecule has 0 radical (unpaired) electrons. The number of nitrogens with two attached hydrogens (primary N) is 1. The molecule has 5 N–H and O–H groups in total. The smallest absolute Gasteiger partial charge is 0.422 e. The number of ether oxygens (including phenoxy) is 1. The molecule has 2 atom stereocenters. The van der Waals surface area contributed by atoms with Crippen LogP contribution < -0.4 is 16.6 Å². The van der Waals surface area contributed by atoms with Crippen LogP contribution in [-0.4, -0.2) is 46.4 Å². The first kappa shape index (κ1) is 27.1. The summed E-state index contributed by atoms with van der Waals surface area (Å²) in [4.78, 5) is 35.9. The molecule has 0 fully saturated rings. The van der Waals surface area contributed by atoms with E-state index in [1.165, 1.54) is 0 Å². The molecule has 32 heavy (non-hydrogen) atoms. The lowest BCUT2D eigenvalue weighted by molar-refractivity contribution is -0.178. The Labute approximate surface area is 189 Å². The molecule has 0 aliphatic heterocycles. The number of primary amides is 1. The Hall–Kier alpha value is -2.91. The zero-order chi connectivity index (χ0) is 24.5. The summed E-state index contributed by atoms with van der Waals surface area (Å²) in [6, 6.07) is 8.93. The molecular formula is C23H36N4O5. The fourth-order valence-corrected chi connectivity index (χ4v) is 3.25. The van der Waals surface area contributed by atoms with Gasteiger partial charge in [0.1, 0.15) is 5.60 Å². The molecule has 0 unspecified atom stereocenters. The highest BCUT2D eigenvalue weighted by Crippen LogP contribution is 2.25. The molecule has 1 rings (SSSR count). The number of carbonyl (C=O) groups excluding carboxylic acids is 3. The minimum atomic E-state index is -0.799. The van der Waals surface area contributed by atoms with Gasteiger partial charge in [0.25, 0.3) is 5.91 Å². The number of hydrogen-bond acceptors (Lipinski definition) is 6.